The zero-order valence-electron chi connectivity index (χ0n) is 14.2. The SMILES string of the molecule is CCCCCOc1ccc(C(=O)Nc2cccc(C)c2C)cc1. The highest BCUT2D eigenvalue weighted by Gasteiger charge is 2.08. The minimum atomic E-state index is -0.101. The summed E-state index contributed by atoms with van der Waals surface area (Å²) in [7, 11) is 0. The van der Waals surface area contributed by atoms with E-state index in [4.69, 9.17) is 4.74 Å². The van der Waals surface area contributed by atoms with Crippen molar-refractivity contribution in [2.75, 3.05) is 11.9 Å². The van der Waals surface area contributed by atoms with Gasteiger partial charge in [0.05, 0.1) is 6.61 Å². The summed E-state index contributed by atoms with van der Waals surface area (Å²) in [5, 5.41) is 2.97. The summed E-state index contributed by atoms with van der Waals surface area (Å²) in [6.07, 6.45) is 3.42. The maximum Gasteiger partial charge on any atom is 0.255 e. The first-order chi connectivity index (χ1) is 11.1. The number of rotatable bonds is 7. The predicted molar refractivity (Wildman–Crippen MR) is 95.3 cm³/mol. The van der Waals surface area contributed by atoms with Crippen LogP contribution < -0.4 is 10.1 Å². The van der Waals surface area contributed by atoms with Crippen molar-refractivity contribution in [3.8, 4) is 5.75 Å². The fourth-order valence-electron chi connectivity index (χ4n) is 2.33. The Labute approximate surface area is 138 Å². The fourth-order valence-corrected chi connectivity index (χ4v) is 2.33. The van der Waals surface area contributed by atoms with Crippen LogP contribution in [0.3, 0.4) is 0 Å². The lowest BCUT2D eigenvalue weighted by Crippen LogP contribution is -2.13. The summed E-state index contributed by atoms with van der Waals surface area (Å²) in [5.74, 6) is 0.709. The molecule has 0 aromatic heterocycles. The fraction of sp³-hybridized carbons (Fsp3) is 0.350. The molecule has 0 fully saturated rings. The second kappa shape index (κ2) is 8.37. The second-order valence-electron chi connectivity index (χ2n) is 5.78. The molecule has 0 saturated carbocycles. The van der Waals surface area contributed by atoms with E-state index in [0.717, 1.165) is 30.0 Å². The molecule has 2 aromatic rings. The summed E-state index contributed by atoms with van der Waals surface area (Å²) in [4.78, 5) is 12.3. The Morgan fingerprint density at radius 1 is 1.04 bits per heavy atom. The predicted octanol–water partition coefficient (Wildman–Crippen LogP) is 5.12. The smallest absolute Gasteiger partial charge is 0.255 e. The molecule has 0 atom stereocenters. The van der Waals surface area contributed by atoms with Gasteiger partial charge in [0, 0.05) is 11.3 Å². The van der Waals surface area contributed by atoms with E-state index in [9.17, 15) is 4.79 Å². The van der Waals surface area contributed by atoms with Gasteiger partial charge in [0.25, 0.3) is 5.91 Å². The van der Waals surface area contributed by atoms with Crippen LogP contribution in [-0.4, -0.2) is 12.5 Å². The van der Waals surface area contributed by atoms with Gasteiger partial charge in [0.2, 0.25) is 0 Å². The molecule has 122 valence electrons. The van der Waals surface area contributed by atoms with Gasteiger partial charge in [-0.1, -0.05) is 31.9 Å². The number of benzene rings is 2. The molecule has 0 bridgehead atoms. The molecule has 0 aliphatic carbocycles. The van der Waals surface area contributed by atoms with Gasteiger partial charge in [-0.3, -0.25) is 4.79 Å². The highest BCUT2D eigenvalue weighted by molar-refractivity contribution is 6.04. The van der Waals surface area contributed by atoms with Crippen molar-refractivity contribution in [2.45, 2.75) is 40.0 Å². The molecule has 0 radical (unpaired) electrons. The van der Waals surface area contributed by atoms with Crippen molar-refractivity contribution < 1.29 is 9.53 Å². The van der Waals surface area contributed by atoms with Gasteiger partial charge < -0.3 is 10.1 Å². The van der Waals surface area contributed by atoms with Crippen molar-refractivity contribution in [1.29, 1.82) is 0 Å². The third kappa shape index (κ3) is 4.85. The van der Waals surface area contributed by atoms with Crippen LogP contribution in [0, 0.1) is 13.8 Å². The summed E-state index contributed by atoms with van der Waals surface area (Å²) in [5.41, 5.74) is 3.75. The standard InChI is InChI=1S/C20H25NO2/c1-4-5-6-14-23-18-12-10-17(11-13-18)20(22)21-19-9-7-8-15(2)16(19)3/h7-13H,4-6,14H2,1-3H3,(H,21,22). The van der Waals surface area contributed by atoms with Crippen LogP contribution in [0.1, 0.15) is 47.7 Å². The van der Waals surface area contributed by atoms with E-state index in [-0.39, 0.29) is 5.91 Å². The lowest BCUT2D eigenvalue weighted by atomic mass is 10.1. The average Bonchev–Trinajstić information content (AvgIpc) is 2.56. The number of amides is 1. The van der Waals surface area contributed by atoms with Gasteiger partial charge in [-0.15, -0.1) is 0 Å². The third-order valence-corrected chi connectivity index (χ3v) is 3.99. The number of nitrogens with one attached hydrogen (secondary N) is 1. The van der Waals surface area contributed by atoms with Gasteiger partial charge in [-0.05, 0) is 61.7 Å². The van der Waals surface area contributed by atoms with Crippen molar-refractivity contribution in [3.63, 3.8) is 0 Å². The van der Waals surface area contributed by atoms with Gasteiger partial charge in [-0.25, -0.2) is 0 Å². The minimum Gasteiger partial charge on any atom is -0.494 e. The Bertz CT molecular complexity index is 647. The Kier molecular flexibility index (Phi) is 6.21. The maximum absolute atomic E-state index is 12.3. The largest absolute Gasteiger partial charge is 0.494 e. The molecule has 0 aliphatic rings. The van der Waals surface area contributed by atoms with Crippen LogP contribution >= 0.6 is 0 Å². The van der Waals surface area contributed by atoms with Crippen molar-refractivity contribution in [3.05, 3.63) is 59.2 Å². The first-order valence-corrected chi connectivity index (χ1v) is 8.22. The van der Waals surface area contributed by atoms with E-state index in [1.807, 2.05) is 44.2 Å². The topological polar surface area (TPSA) is 38.3 Å². The van der Waals surface area contributed by atoms with Gasteiger partial charge in [-0.2, -0.15) is 0 Å². The summed E-state index contributed by atoms with van der Waals surface area (Å²) in [6.45, 7) is 6.94. The second-order valence-corrected chi connectivity index (χ2v) is 5.78. The molecule has 3 heteroatoms. The van der Waals surface area contributed by atoms with Crippen LogP contribution in [0.15, 0.2) is 42.5 Å². The van der Waals surface area contributed by atoms with Crippen LogP contribution in [0.5, 0.6) is 5.75 Å². The molecule has 1 N–H and O–H groups in total. The molecule has 0 aliphatic heterocycles. The van der Waals surface area contributed by atoms with Crippen LogP contribution in [0.25, 0.3) is 0 Å². The zero-order valence-corrected chi connectivity index (χ0v) is 14.2. The monoisotopic (exact) mass is 311 g/mol. The van der Waals surface area contributed by atoms with E-state index < -0.39 is 0 Å². The Morgan fingerprint density at radius 3 is 2.48 bits per heavy atom. The van der Waals surface area contributed by atoms with Crippen molar-refractivity contribution in [1.82, 2.24) is 0 Å². The molecule has 2 aromatic carbocycles. The van der Waals surface area contributed by atoms with Gasteiger partial charge in [0.15, 0.2) is 0 Å². The lowest BCUT2D eigenvalue weighted by molar-refractivity contribution is 0.102. The molecule has 23 heavy (non-hydrogen) atoms. The molecule has 0 saturated heterocycles. The summed E-state index contributed by atoms with van der Waals surface area (Å²) >= 11 is 0. The van der Waals surface area contributed by atoms with E-state index >= 15 is 0 Å². The average molecular weight is 311 g/mol. The van der Waals surface area contributed by atoms with Crippen LogP contribution in [0.2, 0.25) is 0 Å². The highest BCUT2D eigenvalue weighted by Crippen LogP contribution is 2.19. The molecule has 0 heterocycles. The molecular weight excluding hydrogens is 286 g/mol. The highest BCUT2D eigenvalue weighted by atomic mass is 16.5. The summed E-state index contributed by atoms with van der Waals surface area (Å²) in [6, 6.07) is 13.2. The first-order valence-electron chi connectivity index (χ1n) is 8.22. The minimum absolute atomic E-state index is 0.101. The first kappa shape index (κ1) is 17.1. The molecule has 2 rings (SSSR count). The number of carbonyl (C=O) groups is 1. The Hall–Kier alpha value is -2.29. The van der Waals surface area contributed by atoms with Crippen LogP contribution in [-0.2, 0) is 0 Å². The molecule has 3 nitrogen and oxygen atoms in total. The normalized spacial score (nSPS) is 10.4. The molecule has 1 amide bonds. The quantitative estimate of drug-likeness (QED) is 0.720. The van der Waals surface area contributed by atoms with Crippen molar-refractivity contribution >= 4 is 11.6 Å². The maximum atomic E-state index is 12.3. The summed E-state index contributed by atoms with van der Waals surface area (Å²) < 4.78 is 5.66. The number of hydrogen-bond acceptors (Lipinski definition) is 2. The van der Waals surface area contributed by atoms with E-state index in [1.165, 1.54) is 18.4 Å². The lowest BCUT2D eigenvalue weighted by Gasteiger charge is -2.11. The number of aryl methyl sites for hydroxylation is 1. The van der Waals surface area contributed by atoms with E-state index in [2.05, 4.69) is 12.2 Å². The number of hydrogen-bond donors (Lipinski definition) is 1. The number of anilines is 1. The third-order valence-electron chi connectivity index (χ3n) is 3.99. The Balaban J connectivity index is 1.96. The number of unbranched alkanes of at least 4 members (excludes halogenated alkanes) is 2. The van der Waals surface area contributed by atoms with Gasteiger partial charge >= 0.3 is 0 Å². The van der Waals surface area contributed by atoms with E-state index in [1.54, 1.807) is 12.1 Å². The molecule has 0 spiro atoms. The number of carbonyl (C=O) groups excluding carboxylic acids is 1. The molecular formula is C20H25NO2. The molecule has 0 unspecified atom stereocenters. The van der Waals surface area contributed by atoms with Gasteiger partial charge in [0.1, 0.15) is 5.75 Å². The van der Waals surface area contributed by atoms with Crippen LogP contribution in [0.4, 0.5) is 5.69 Å². The van der Waals surface area contributed by atoms with Crippen molar-refractivity contribution in [2.24, 2.45) is 0 Å². The zero-order chi connectivity index (χ0) is 16.7. The number of ether oxygens (including phenoxy) is 1. The Morgan fingerprint density at radius 2 is 1.78 bits per heavy atom. The van der Waals surface area contributed by atoms with E-state index in [0.29, 0.717) is 5.56 Å².